The number of hydrogen-bond acceptors (Lipinski definition) is 3. The van der Waals surface area contributed by atoms with Gasteiger partial charge in [0, 0.05) is 18.3 Å². The molecule has 0 heterocycles. The maximum atomic E-state index is 11.4. The average Bonchev–Trinajstić information content (AvgIpc) is 2.28. The third-order valence-corrected chi connectivity index (χ3v) is 2.32. The van der Waals surface area contributed by atoms with E-state index >= 15 is 0 Å². The van der Waals surface area contributed by atoms with E-state index in [1.54, 1.807) is 38.2 Å². The lowest BCUT2D eigenvalue weighted by atomic mass is 10.2. The van der Waals surface area contributed by atoms with Crippen LogP contribution >= 0.6 is 12.2 Å². The lowest BCUT2D eigenvalue weighted by Gasteiger charge is -2.16. The third-order valence-electron chi connectivity index (χ3n) is 2.08. The standard InChI is InChI=1S/C11H14N2O2S/c1-3-15-11(14)13(2)9-6-4-8(5-7-9)10(12)16/h4-7H,3H2,1-2H3,(H2,12,16). The fourth-order valence-corrected chi connectivity index (χ4v) is 1.31. The van der Waals surface area contributed by atoms with Crippen molar-refractivity contribution in [3.63, 3.8) is 0 Å². The minimum absolute atomic E-state index is 0.338. The maximum absolute atomic E-state index is 11.4. The Morgan fingerprint density at radius 1 is 1.44 bits per heavy atom. The second kappa shape index (κ2) is 5.46. The highest BCUT2D eigenvalue weighted by Gasteiger charge is 2.11. The van der Waals surface area contributed by atoms with Crippen LogP contribution in [-0.2, 0) is 4.74 Å². The normalized spacial score (nSPS) is 9.62. The van der Waals surface area contributed by atoms with Gasteiger partial charge < -0.3 is 10.5 Å². The van der Waals surface area contributed by atoms with Crippen LogP contribution in [0.25, 0.3) is 0 Å². The highest BCUT2D eigenvalue weighted by Crippen LogP contribution is 2.14. The van der Waals surface area contributed by atoms with E-state index in [1.807, 2.05) is 0 Å². The van der Waals surface area contributed by atoms with Crippen molar-refractivity contribution in [2.75, 3.05) is 18.6 Å². The topological polar surface area (TPSA) is 55.6 Å². The fourth-order valence-electron chi connectivity index (χ4n) is 1.18. The zero-order valence-electron chi connectivity index (χ0n) is 9.27. The first-order valence-corrected chi connectivity index (χ1v) is 5.27. The van der Waals surface area contributed by atoms with E-state index < -0.39 is 0 Å². The summed E-state index contributed by atoms with van der Waals surface area (Å²) >= 11 is 4.84. The van der Waals surface area contributed by atoms with Gasteiger partial charge in [0.25, 0.3) is 0 Å². The van der Waals surface area contributed by atoms with Crippen LogP contribution in [0.3, 0.4) is 0 Å². The largest absolute Gasteiger partial charge is 0.449 e. The Labute approximate surface area is 100.0 Å². The summed E-state index contributed by atoms with van der Waals surface area (Å²) < 4.78 is 4.87. The minimum Gasteiger partial charge on any atom is -0.449 e. The summed E-state index contributed by atoms with van der Waals surface area (Å²) in [6.07, 6.45) is -0.384. The Morgan fingerprint density at radius 2 is 2.00 bits per heavy atom. The van der Waals surface area contributed by atoms with Gasteiger partial charge in [-0.3, -0.25) is 4.90 Å². The summed E-state index contributed by atoms with van der Waals surface area (Å²) in [4.78, 5) is 13.2. The molecule has 16 heavy (non-hydrogen) atoms. The van der Waals surface area contributed by atoms with Crippen molar-refractivity contribution in [3.8, 4) is 0 Å². The Morgan fingerprint density at radius 3 is 2.44 bits per heavy atom. The van der Waals surface area contributed by atoms with Gasteiger partial charge >= 0.3 is 6.09 Å². The SMILES string of the molecule is CCOC(=O)N(C)c1ccc(C(N)=S)cc1. The van der Waals surface area contributed by atoms with Crippen LogP contribution in [0.15, 0.2) is 24.3 Å². The zero-order valence-corrected chi connectivity index (χ0v) is 10.1. The van der Waals surface area contributed by atoms with Crippen LogP contribution in [0.4, 0.5) is 10.5 Å². The zero-order chi connectivity index (χ0) is 12.1. The maximum Gasteiger partial charge on any atom is 0.413 e. The van der Waals surface area contributed by atoms with Crippen molar-refractivity contribution >= 4 is 29.0 Å². The van der Waals surface area contributed by atoms with E-state index in [2.05, 4.69) is 0 Å². The molecule has 2 N–H and O–H groups in total. The number of ether oxygens (including phenoxy) is 1. The van der Waals surface area contributed by atoms with Crippen LogP contribution in [0.1, 0.15) is 12.5 Å². The van der Waals surface area contributed by atoms with Crippen molar-refractivity contribution in [1.29, 1.82) is 0 Å². The molecule has 0 fully saturated rings. The summed E-state index contributed by atoms with van der Waals surface area (Å²) in [6, 6.07) is 7.08. The molecule has 1 aromatic rings. The number of benzene rings is 1. The van der Waals surface area contributed by atoms with Crippen molar-refractivity contribution in [2.24, 2.45) is 5.73 Å². The number of nitrogens with two attached hydrogens (primary N) is 1. The first-order valence-electron chi connectivity index (χ1n) is 4.86. The van der Waals surface area contributed by atoms with Crippen molar-refractivity contribution in [2.45, 2.75) is 6.92 Å². The molecule has 0 aliphatic rings. The lowest BCUT2D eigenvalue weighted by molar-refractivity contribution is 0.161. The molecule has 0 atom stereocenters. The number of thiocarbonyl (C=S) groups is 1. The summed E-state index contributed by atoms with van der Waals surface area (Å²) in [7, 11) is 1.65. The number of nitrogens with zero attached hydrogens (tertiary/aromatic N) is 1. The highest BCUT2D eigenvalue weighted by atomic mass is 32.1. The molecule has 1 amide bonds. The first kappa shape index (κ1) is 12.4. The average molecular weight is 238 g/mol. The van der Waals surface area contributed by atoms with Gasteiger partial charge in [0.1, 0.15) is 4.99 Å². The van der Waals surface area contributed by atoms with Crippen LogP contribution < -0.4 is 10.6 Å². The predicted molar refractivity (Wildman–Crippen MR) is 67.8 cm³/mol. The van der Waals surface area contributed by atoms with Gasteiger partial charge in [0.05, 0.1) is 6.61 Å². The van der Waals surface area contributed by atoms with Crippen molar-refractivity contribution in [1.82, 2.24) is 0 Å². The summed E-state index contributed by atoms with van der Waals surface area (Å²) in [6.45, 7) is 2.12. The van der Waals surface area contributed by atoms with Gasteiger partial charge in [-0.05, 0) is 31.2 Å². The Bertz CT molecular complexity index is 389. The molecular weight excluding hydrogens is 224 g/mol. The van der Waals surface area contributed by atoms with Crippen molar-refractivity contribution in [3.05, 3.63) is 29.8 Å². The third kappa shape index (κ3) is 2.93. The Hall–Kier alpha value is -1.62. The van der Waals surface area contributed by atoms with Gasteiger partial charge in [0.15, 0.2) is 0 Å². The molecule has 0 saturated heterocycles. The quantitative estimate of drug-likeness (QED) is 0.817. The summed E-state index contributed by atoms with van der Waals surface area (Å²) in [5.74, 6) is 0. The molecule has 0 unspecified atom stereocenters. The Kier molecular flexibility index (Phi) is 4.25. The van der Waals surface area contributed by atoms with E-state index in [9.17, 15) is 4.79 Å². The first-order chi connectivity index (χ1) is 7.56. The number of carbonyl (C=O) groups is 1. The van der Waals surface area contributed by atoms with Gasteiger partial charge in [-0.25, -0.2) is 4.79 Å². The van der Waals surface area contributed by atoms with Crippen LogP contribution in [0, 0.1) is 0 Å². The minimum atomic E-state index is -0.384. The van der Waals surface area contributed by atoms with E-state index in [4.69, 9.17) is 22.7 Å². The molecule has 1 rings (SSSR count). The molecule has 0 aliphatic heterocycles. The molecule has 0 aliphatic carbocycles. The second-order valence-electron chi connectivity index (χ2n) is 3.17. The molecule has 0 bridgehead atoms. The number of rotatable bonds is 3. The van der Waals surface area contributed by atoms with Crippen molar-refractivity contribution < 1.29 is 9.53 Å². The molecule has 0 aromatic heterocycles. The highest BCUT2D eigenvalue weighted by molar-refractivity contribution is 7.80. The van der Waals surface area contributed by atoms with Gasteiger partial charge in [-0.15, -0.1) is 0 Å². The number of carbonyl (C=O) groups excluding carboxylic acids is 1. The van der Waals surface area contributed by atoms with Gasteiger partial charge in [0.2, 0.25) is 0 Å². The molecule has 0 spiro atoms. The smallest absolute Gasteiger partial charge is 0.413 e. The van der Waals surface area contributed by atoms with Crippen LogP contribution in [-0.4, -0.2) is 24.7 Å². The molecule has 1 aromatic carbocycles. The molecule has 0 saturated carbocycles. The molecule has 5 heteroatoms. The van der Waals surface area contributed by atoms with Crippen LogP contribution in [0.2, 0.25) is 0 Å². The van der Waals surface area contributed by atoms with E-state index in [0.29, 0.717) is 11.6 Å². The van der Waals surface area contributed by atoms with E-state index in [0.717, 1.165) is 11.3 Å². The summed E-state index contributed by atoms with van der Waals surface area (Å²) in [5, 5.41) is 0. The molecular formula is C11H14N2O2S. The lowest BCUT2D eigenvalue weighted by Crippen LogP contribution is -2.27. The number of hydrogen-bond donors (Lipinski definition) is 1. The van der Waals surface area contributed by atoms with E-state index in [-0.39, 0.29) is 6.09 Å². The van der Waals surface area contributed by atoms with Gasteiger partial charge in [-0.2, -0.15) is 0 Å². The molecule has 0 radical (unpaired) electrons. The summed E-state index contributed by atoms with van der Waals surface area (Å²) in [5.41, 5.74) is 6.98. The predicted octanol–water partition coefficient (Wildman–Crippen LogP) is 1.91. The van der Waals surface area contributed by atoms with Crippen LogP contribution in [0.5, 0.6) is 0 Å². The fraction of sp³-hybridized carbons (Fsp3) is 0.273. The number of amides is 1. The molecule has 86 valence electrons. The molecule has 4 nitrogen and oxygen atoms in total. The second-order valence-corrected chi connectivity index (χ2v) is 3.61. The van der Waals surface area contributed by atoms with E-state index in [1.165, 1.54) is 4.90 Å². The monoisotopic (exact) mass is 238 g/mol. The van der Waals surface area contributed by atoms with Gasteiger partial charge in [-0.1, -0.05) is 12.2 Å². The number of anilines is 1. The Balaban J connectivity index is 2.81.